The fraction of sp³-hybridized carbons (Fsp3) is 0.200. The number of rotatable bonds is 10. The minimum absolute atomic E-state index is 0.284. The number of benzene rings is 4. The molecular weight excluding hydrogens is 643 g/mol. The first-order valence-electron chi connectivity index (χ1n) is 14.9. The molecule has 46 heavy (non-hydrogen) atoms. The van der Waals surface area contributed by atoms with Crippen molar-refractivity contribution in [3.05, 3.63) is 119 Å². The summed E-state index contributed by atoms with van der Waals surface area (Å²) in [4.78, 5) is 16.9. The van der Waals surface area contributed by atoms with E-state index in [-0.39, 0.29) is 6.54 Å². The van der Waals surface area contributed by atoms with E-state index >= 15 is 0 Å². The highest BCUT2D eigenvalue weighted by atomic mass is 35.5. The molecule has 1 fully saturated rings. The number of hydrogen-bond acceptors (Lipinski definition) is 5. The number of anilines is 1. The third-order valence-corrected chi connectivity index (χ3v) is 9.60. The second kappa shape index (κ2) is 13.2. The van der Waals surface area contributed by atoms with Crippen molar-refractivity contribution in [3.8, 4) is 33.8 Å². The molecule has 5 aromatic rings. The van der Waals surface area contributed by atoms with Gasteiger partial charge in [-0.15, -0.1) is 0 Å². The Morgan fingerprint density at radius 1 is 0.913 bits per heavy atom. The summed E-state index contributed by atoms with van der Waals surface area (Å²) in [6.45, 7) is 4.76. The molecular formula is C35H32Cl2N4O4S. The summed E-state index contributed by atoms with van der Waals surface area (Å²) in [5, 5.41) is 0.980. The first-order chi connectivity index (χ1) is 22.1. The average molecular weight is 676 g/mol. The number of carbonyl (C=O) groups excluding carboxylic acids is 1. The lowest BCUT2D eigenvalue weighted by atomic mass is 10.0. The summed E-state index contributed by atoms with van der Waals surface area (Å²) >= 11 is 12.7. The number of hydrogen-bond donors (Lipinski definition) is 1. The largest absolute Gasteiger partial charge is 0.494 e. The number of nitrogens with one attached hydrogen (secondary N) is 1. The van der Waals surface area contributed by atoms with Crippen LogP contribution in [0, 0.1) is 5.92 Å². The highest BCUT2D eigenvalue weighted by molar-refractivity contribution is 7.92. The fourth-order valence-electron chi connectivity index (χ4n) is 5.24. The highest BCUT2D eigenvalue weighted by Gasteiger charge is 2.34. The third kappa shape index (κ3) is 7.07. The minimum atomic E-state index is -3.96. The van der Waals surface area contributed by atoms with Gasteiger partial charge in [0.2, 0.25) is 0 Å². The van der Waals surface area contributed by atoms with E-state index in [9.17, 15) is 13.2 Å². The van der Waals surface area contributed by atoms with Crippen LogP contribution in [0.15, 0.2) is 97.2 Å². The predicted molar refractivity (Wildman–Crippen MR) is 183 cm³/mol. The summed E-state index contributed by atoms with van der Waals surface area (Å²) < 4.78 is 36.0. The van der Waals surface area contributed by atoms with E-state index in [1.165, 1.54) is 0 Å². The van der Waals surface area contributed by atoms with E-state index in [1.54, 1.807) is 30.3 Å². The molecule has 1 N–H and O–H groups in total. The van der Waals surface area contributed by atoms with E-state index in [2.05, 4.69) is 50.2 Å². The molecule has 0 saturated carbocycles. The Balaban J connectivity index is 1.32. The van der Waals surface area contributed by atoms with Crippen LogP contribution < -0.4 is 13.8 Å². The van der Waals surface area contributed by atoms with Crippen LogP contribution in [-0.4, -0.2) is 37.0 Å². The molecule has 0 bridgehead atoms. The number of carbonyl (C=O) groups is 1. The number of ether oxygens (including phenoxy) is 1. The normalized spacial score (nSPS) is 14.1. The molecule has 11 heteroatoms. The zero-order chi connectivity index (χ0) is 32.4. The number of nitrogens with zero attached hydrogens (tertiary/aromatic N) is 3. The van der Waals surface area contributed by atoms with E-state index in [0.717, 1.165) is 33.2 Å². The van der Waals surface area contributed by atoms with Gasteiger partial charge in [0.25, 0.3) is 5.91 Å². The predicted octanol–water partition coefficient (Wildman–Crippen LogP) is 7.71. The third-order valence-electron chi connectivity index (χ3n) is 7.65. The van der Waals surface area contributed by atoms with Crippen LogP contribution in [-0.2, 0) is 21.4 Å². The lowest BCUT2D eigenvalue weighted by Crippen LogP contribution is -2.29. The Hall–Kier alpha value is -4.31. The van der Waals surface area contributed by atoms with Crippen molar-refractivity contribution < 1.29 is 17.9 Å². The first-order valence-corrected chi connectivity index (χ1v) is 17.0. The topological polar surface area (TPSA) is 93.5 Å². The van der Waals surface area contributed by atoms with Gasteiger partial charge in [-0.05, 0) is 77.6 Å². The molecule has 0 aliphatic carbocycles. The molecule has 0 radical (unpaired) electrons. The van der Waals surface area contributed by atoms with Crippen LogP contribution in [0.1, 0.15) is 31.7 Å². The first kappa shape index (κ1) is 31.7. The number of aromatic nitrogens is 2. The molecule has 2 heterocycles. The van der Waals surface area contributed by atoms with Crippen LogP contribution in [0.25, 0.3) is 28.1 Å². The molecule has 6 rings (SSSR count). The molecule has 8 nitrogen and oxygen atoms in total. The second-order valence-electron chi connectivity index (χ2n) is 11.5. The SMILES string of the molecule is CC(C)CCOc1cccc(-c2ccc(Cc3nc(-c4ccc(Cl)cc4Cl)cn3-c3cccc(N4CC(=O)NS4(=O)=O)c3)cc2)c1. The van der Waals surface area contributed by atoms with Crippen molar-refractivity contribution in [3.63, 3.8) is 0 Å². The maximum Gasteiger partial charge on any atom is 0.326 e. The van der Waals surface area contributed by atoms with Crippen LogP contribution in [0.2, 0.25) is 10.0 Å². The minimum Gasteiger partial charge on any atom is -0.494 e. The monoisotopic (exact) mass is 674 g/mol. The summed E-state index contributed by atoms with van der Waals surface area (Å²) in [6, 6.07) is 28.6. The van der Waals surface area contributed by atoms with Crippen molar-refractivity contribution in [2.24, 2.45) is 5.92 Å². The lowest BCUT2D eigenvalue weighted by Gasteiger charge is -2.16. The van der Waals surface area contributed by atoms with Gasteiger partial charge in [0.1, 0.15) is 18.1 Å². The Kier molecular flexibility index (Phi) is 9.08. The van der Waals surface area contributed by atoms with Gasteiger partial charge in [-0.1, -0.05) is 79.5 Å². The van der Waals surface area contributed by atoms with Crippen molar-refractivity contribution in [1.29, 1.82) is 0 Å². The Labute approximate surface area is 278 Å². The molecule has 0 atom stereocenters. The van der Waals surface area contributed by atoms with Gasteiger partial charge >= 0.3 is 10.2 Å². The van der Waals surface area contributed by atoms with E-state index in [4.69, 9.17) is 32.9 Å². The van der Waals surface area contributed by atoms with E-state index < -0.39 is 16.1 Å². The Morgan fingerprint density at radius 2 is 1.67 bits per heavy atom. The average Bonchev–Trinajstić information content (AvgIpc) is 3.56. The molecule has 1 amide bonds. The summed E-state index contributed by atoms with van der Waals surface area (Å²) in [7, 11) is -3.96. The van der Waals surface area contributed by atoms with Crippen LogP contribution >= 0.6 is 23.2 Å². The molecule has 236 valence electrons. The van der Waals surface area contributed by atoms with E-state index in [0.29, 0.717) is 57.4 Å². The second-order valence-corrected chi connectivity index (χ2v) is 14.0. The fourth-order valence-corrected chi connectivity index (χ4v) is 6.89. The van der Waals surface area contributed by atoms with Gasteiger partial charge < -0.3 is 9.30 Å². The molecule has 1 aromatic heterocycles. The summed E-state index contributed by atoms with van der Waals surface area (Å²) in [5.41, 5.74) is 5.55. The van der Waals surface area contributed by atoms with Gasteiger partial charge in [-0.25, -0.2) is 14.0 Å². The molecule has 0 spiro atoms. The standard InChI is InChI=1S/C35H32Cl2N4O4S/c1-23(2)15-16-45-30-8-3-5-26(18-30)25-11-9-24(10-12-25)17-34-38-33(31-14-13-27(36)19-32(31)37)21-40(34)28-6-4-7-29(20-28)41-22-35(42)39-46(41,43)44/h3-14,18-21,23H,15-17,22H2,1-2H3,(H,39,42). The maximum absolute atomic E-state index is 12.5. The van der Waals surface area contributed by atoms with Crippen molar-refractivity contribution in [2.75, 3.05) is 17.5 Å². The van der Waals surface area contributed by atoms with Crippen LogP contribution in [0.5, 0.6) is 5.75 Å². The van der Waals surface area contributed by atoms with Gasteiger partial charge in [0, 0.05) is 28.9 Å². The quantitative estimate of drug-likeness (QED) is 0.164. The lowest BCUT2D eigenvalue weighted by molar-refractivity contribution is -0.117. The van der Waals surface area contributed by atoms with Crippen molar-refractivity contribution >= 4 is 45.0 Å². The smallest absolute Gasteiger partial charge is 0.326 e. The van der Waals surface area contributed by atoms with Crippen molar-refractivity contribution in [1.82, 2.24) is 14.3 Å². The number of halogens is 2. The summed E-state index contributed by atoms with van der Waals surface area (Å²) in [6.07, 6.45) is 3.35. The molecule has 0 unspecified atom stereocenters. The van der Waals surface area contributed by atoms with Gasteiger partial charge in [0.15, 0.2) is 0 Å². The highest BCUT2D eigenvalue weighted by Crippen LogP contribution is 2.33. The zero-order valence-electron chi connectivity index (χ0n) is 25.3. The maximum atomic E-state index is 12.5. The zero-order valence-corrected chi connectivity index (χ0v) is 27.6. The van der Waals surface area contributed by atoms with Gasteiger partial charge in [-0.3, -0.25) is 4.79 Å². The summed E-state index contributed by atoms with van der Waals surface area (Å²) in [5.74, 6) is 1.56. The van der Waals surface area contributed by atoms with E-state index in [1.807, 2.05) is 39.8 Å². The van der Waals surface area contributed by atoms with Crippen LogP contribution in [0.4, 0.5) is 5.69 Å². The van der Waals surface area contributed by atoms with Gasteiger partial charge in [0.05, 0.1) is 23.0 Å². The molecule has 4 aromatic carbocycles. The van der Waals surface area contributed by atoms with Gasteiger partial charge in [-0.2, -0.15) is 8.42 Å². The number of amides is 1. The molecule has 1 aliphatic heterocycles. The molecule has 1 aliphatic rings. The number of imidazole rings is 1. The molecule has 1 saturated heterocycles. The van der Waals surface area contributed by atoms with Crippen LogP contribution in [0.3, 0.4) is 0 Å². The van der Waals surface area contributed by atoms with Crippen molar-refractivity contribution in [2.45, 2.75) is 26.7 Å². The Bertz CT molecular complexity index is 2010. The Morgan fingerprint density at radius 3 is 2.39 bits per heavy atom.